The Morgan fingerprint density at radius 1 is 1.22 bits per heavy atom. The maximum Gasteiger partial charge on any atom is 0.173 e. The number of alkyl halides is 1. The fourth-order valence-corrected chi connectivity index (χ4v) is 1.75. The highest BCUT2D eigenvalue weighted by Crippen LogP contribution is 2.25. The largest absolute Gasteiger partial charge is 0.490 e. The van der Waals surface area contributed by atoms with Crippen LogP contribution < -0.4 is 10.1 Å². The smallest absolute Gasteiger partial charge is 0.173 e. The van der Waals surface area contributed by atoms with E-state index in [1.807, 2.05) is 43.3 Å². The average molecular weight is 263 g/mol. The van der Waals surface area contributed by atoms with Gasteiger partial charge in [0.15, 0.2) is 11.6 Å². The molecule has 0 radical (unpaired) electrons. The molecule has 0 aliphatic rings. The Morgan fingerprint density at radius 2 is 2.00 bits per heavy atom. The molecule has 1 aromatic heterocycles. The van der Waals surface area contributed by atoms with Crippen LogP contribution in [-0.4, -0.2) is 11.6 Å². The Bertz CT molecular complexity index is 499. The Hall–Kier alpha value is -1.74. The summed E-state index contributed by atoms with van der Waals surface area (Å²) in [7, 11) is 0. The molecule has 0 atom stereocenters. The number of anilines is 2. The van der Waals surface area contributed by atoms with Crippen LogP contribution in [0.4, 0.5) is 11.5 Å². The zero-order chi connectivity index (χ0) is 12.8. The van der Waals surface area contributed by atoms with Crippen LogP contribution in [0.25, 0.3) is 0 Å². The standard InChI is InChI=1S/C14H15ClN2O/c1-2-18-13-4-3-9-16-14(13)17-12-7-5-11(10-15)6-8-12/h3-9H,2,10H2,1H3,(H,16,17). The fraction of sp³-hybridized carbons (Fsp3) is 0.214. The molecule has 0 unspecified atom stereocenters. The van der Waals surface area contributed by atoms with Crippen LogP contribution in [-0.2, 0) is 5.88 Å². The maximum absolute atomic E-state index is 5.75. The van der Waals surface area contributed by atoms with Gasteiger partial charge in [-0.15, -0.1) is 11.6 Å². The number of halogens is 1. The Balaban J connectivity index is 2.17. The summed E-state index contributed by atoms with van der Waals surface area (Å²) in [5.41, 5.74) is 2.05. The second-order valence-electron chi connectivity index (χ2n) is 3.74. The van der Waals surface area contributed by atoms with Gasteiger partial charge in [0, 0.05) is 17.8 Å². The molecule has 0 spiro atoms. The number of aromatic nitrogens is 1. The van der Waals surface area contributed by atoms with Gasteiger partial charge in [-0.3, -0.25) is 0 Å². The molecule has 0 aliphatic heterocycles. The molecular formula is C14H15ClN2O. The Morgan fingerprint density at radius 3 is 2.67 bits per heavy atom. The van der Waals surface area contributed by atoms with Crippen molar-refractivity contribution in [3.05, 3.63) is 48.2 Å². The predicted molar refractivity (Wildman–Crippen MR) is 74.7 cm³/mol. The molecule has 0 saturated carbocycles. The van der Waals surface area contributed by atoms with Crippen molar-refractivity contribution in [2.45, 2.75) is 12.8 Å². The van der Waals surface area contributed by atoms with E-state index in [4.69, 9.17) is 16.3 Å². The summed E-state index contributed by atoms with van der Waals surface area (Å²) in [6.45, 7) is 2.57. The van der Waals surface area contributed by atoms with E-state index in [1.54, 1.807) is 6.20 Å². The quantitative estimate of drug-likeness (QED) is 0.828. The molecular weight excluding hydrogens is 248 g/mol. The lowest BCUT2D eigenvalue weighted by molar-refractivity contribution is 0.341. The summed E-state index contributed by atoms with van der Waals surface area (Å²) in [6, 6.07) is 11.7. The molecule has 94 valence electrons. The number of rotatable bonds is 5. The van der Waals surface area contributed by atoms with Crippen molar-refractivity contribution in [1.82, 2.24) is 4.98 Å². The highest BCUT2D eigenvalue weighted by Gasteiger charge is 2.04. The molecule has 0 bridgehead atoms. The zero-order valence-corrected chi connectivity index (χ0v) is 10.9. The van der Waals surface area contributed by atoms with Gasteiger partial charge >= 0.3 is 0 Å². The monoisotopic (exact) mass is 262 g/mol. The molecule has 2 aromatic rings. The second-order valence-corrected chi connectivity index (χ2v) is 4.01. The summed E-state index contributed by atoms with van der Waals surface area (Å²) in [5, 5.41) is 3.23. The van der Waals surface area contributed by atoms with Crippen molar-refractivity contribution in [2.75, 3.05) is 11.9 Å². The third-order valence-corrected chi connectivity index (χ3v) is 2.75. The van der Waals surface area contributed by atoms with E-state index >= 15 is 0 Å². The first-order valence-corrected chi connectivity index (χ1v) is 6.36. The molecule has 2 rings (SSSR count). The Kier molecular flexibility index (Phi) is 4.42. The molecule has 0 amide bonds. The van der Waals surface area contributed by atoms with Gasteiger partial charge < -0.3 is 10.1 Å². The minimum atomic E-state index is 0.522. The third kappa shape index (κ3) is 3.14. The van der Waals surface area contributed by atoms with E-state index in [-0.39, 0.29) is 0 Å². The molecule has 0 aliphatic carbocycles. The maximum atomic E-state index is 5.75. The molecule has 0 fully saturated rings. The van der Waals surface area contributed by atoms with Crippen molar-refractivity contribution in [3.63, 3.8) is 0 Å². The number of pyridine rings is 1. The molecule has 3 nitrogen and oxygen atoms in total. The van der Waals surface area contributed by atoms with Gasteiger partial charge in [-0.05, 0) is 36.8 Å². The van der Waals surface area contributed by atoms with E-state index in [9.17, 15) is 0 Å². The highest BCUT2D eigenvalue weighted by molar-refractivity contribution is 6.17. The van der Waals surface area contributed by atoms with Gasteiger partial charge in [0.05, 0.1) is 6.61 Å². The van der Waals surface area contributed by atoms with Gasteiger partial charge in [-0.25, -0.2) is 4.98 Å². The number of hydrogen-bond acceptors (Lipinski definition) is 3. The van der Waals surface area contributed by atoms with Crippen LogP contribution in [0.1, 0.15) is 12.5 Å². The van der Waals surface area contributed by atoms with Crippen molar-refractivity contribution < 1.29 is 4.74 Å². The van der Waals surface area contributed by atoms with Crippen molar-refractivity contribution in [3.8, 4) is 5.75 Å². The van der Waals surface area contributed by atoms with Gasteiger partial charge in [0.25, 0.3) is 0 Å². The van der Waals surface area contributed by atoms with Crippen LogP contribution in [0.15, 0.2) is 42.6 Å². The second kappa shape index (κ2) is 6.26. The summed E-state index contributed by atoms with van der Waals surface area (Å²) in [4.78, 5) is 4.27. The van der Waals surface area contributed by atoms with Crippen LogP contribution in [0.2, 0.25) is 0 Å². The zero-order valence-electron chi connectivity index (χ0n) is 10.2. The molecule has 18 heavy (non-hydrogen) atoms. The number of nitrogens with one attached hydrogen (secondary N) is 1. The summed E-state index contributed by atoms with van der Waals surface area (Å²) < 4.78 is 5.51. The molecule has 4 heteroatoms. The van der Waals surface area contributed by atoms with Crippen LogP contribution >= 0.6 is 11.6 Å². The van der Waals surface area contributed by atoms with Crippen molar-refractivity contribution in [1.29, 1.82) is 0 Å². The van der Waals surface area contributed by atoms with Crippen molar-refractivity contribution in [2.24, 2.45) is 0 Å². The van der Waals surface area contributed by atoms with E-state index in [0.29, 0.717) is 12.5 Å². The van der Waals surface area contributed by atoms with E-state index < -0.39 is 0 Å². The SMILES string of the molecule is CCOc1cccnc1Nc1ccc(CCl)cc1. The van der Waals surface area contributed by atoms with Crippen LogP contribution in [0.5, 0.6) is 5.75 Å². The lowest BCUT2D eigenvalue weighted by Gasteiger charge is -2.11. The molecule has 1 aromatic carbocycles. The van der Waals surface area contributed by atoms with Crippen LogP contribution in [0.3, 0.4) is 0 Å². The molecule has 0 saturated heterocycles. The van der Waals surface area contributed by atoms with Gasteiger partial charge in [0.1, 0.15) is 0 Å². The number of benzene rings is 1. The predicted octanol–water partition coefficient (Wildman–Crippen LogP) is 3.96. The minimum absolute atomic E-state index is 0.522. The van der Waals surface area contributed by atoms with E-state index in [1.165, 1.54) is 0 Å². The Labute approximate surface area is 112 Å². The van der Waals surface area contributed by atoms with E-state index in [2.05, 4.69) is 10.3 Å². The number of nitrogens with zero attached hydrogens (tertiary/aromatic N) is 1. The topological polar surface area (TPSA) is 34.1 Å². The number of ether oxygens (including phenoxy) is 1. The van der Waals surface area contributed by atoms with Crippen molar-refractivity contribution >= 4 is 23.1 Å². The summed E-state index contributed by atoms with van der Waals surface area (Å²) in [5.74, 6) is 1.99. The molecule has 1 N–H and O–H groups in total. The third-order valence-electron chi connectivity index (χ3n) is 2.44. The minimum Gasteiger partial charge on any atom is -0.490 e. The lowest BCUT2D eigenvalue weighted by Crippen LogP contribution is -1.99. The van der Waals surface area contributed by atoms with Gasteiger partial charge in [-0.1, -0.05) is 12.1 Å². The first-order chi connectivity index (χ1) is 8.83. The summed E-state index contributed by atoms with van der Waals surface area (Å²) in [6.07, 6.45) is 1.73. The van der Waals surface area contributed by atoms with Gasteiger partial charge in [0.2, 0.25) is 0 Å². The molecule has 1 heterocycles. The van der Waals surface area contributed by atoms with E-state index in [0.717, 1.165) is 22.8 Å². The highest BCUT2D eigenvalue weighted by atomic mass is 35.5. The fourth-order valence-electron chi connectivity index (χ4n) is 1.57. The first-order valence-electron chi connectivity index (χ1n) is 5.83. The number of hydrogen-bond donors (Lipinski definition) is 1. The van der Waals surface area contributed by atoms with Gasteiger partial charge in [-0.2, -0.15) is 0 Å². The normalized spacial score (nSPS) is 10.1. The average Bonchev–Trinajstić information content (AvgIpc) is 2.42. The first kappa shape index (κ1) is 12.7. The summed E-state index contributed by atoms with van der Waals surface area (Å²) >= 11 is 5.75. The van der Waals surface area contributed by atoms with Crippen LogP contribution in [0, 0.1) is 0 Å². The lowest BCUT2D eigenvalue weighted by atomic mass is 10.2.